The Labute approximate surface area is 303 Å². The molecule has 0 saturated heterocycles. The molecule has 12 heteroatoms. The molecule has 10 nitrogen and oxygen atoms in total. The Balaban J connectivity index is 1.47. The van der Waals surface area contributed by atoms with E-state index in [9.17, 15) is 18.0 Å². The Morgan fingerprint density at radius 3 is 2.60 bits per heavy atom. The number of nitrogens with zero attached hydrogens (tertiary/aromatic N) is 3. The van der Waals surface area contributed by atoms with E-state index in [-0.39, 0.29) is 41.9 Å². The summed E-state index contributed by atoms with van der Waals surface area (Å²) in [6.45, 7) is 6.62. The number of hydrogen-bond acceptors (Lipinski definition) is 8. The van der Waals surface area contributed by atoms with Gasteiger partial charge in [0.2, 0.25) is 15.9 Å². The Morgan fingerprint density at radius 2 is 1.86 bits per heavy atom. The van der Waals surface area contributed by atoms with E-state index in [2.05, 4.69) is 9.62 Å². The zero-order chi connectivity index (χ0) is 36.0. The van der Waals surface area contributed by atoms with Gasteiger partial charge in [0.1, 0.15) is 19.0 Å². The average molecular weight is 729 g/mol. The second kappa shape index (κ2) is 16.9. The van der Waals surface area contributed by atoms with Crippen molar-refractivity contribution in [2.24, 2.45) is 17.8 Å². The molecular weight excluding hydrogens is 676 g/mol. The molecule has 1 fully saturated rings. The van der Waals surface area contributed by atoms with Crippen molar-refractivity contribution in [2.75, 3.05) is 58.8 Å². The van der Waals surface area contributed by atoms with Crippen LogP contribution in [0, 0.1) is 17.8 Å². The fraction of sp³-hybridized carbons (Fsp3) is 0.579. The summed E-state index contributed by atoms with van der Waals surface area (Å²) >= 11 is 6.36. The molecule has 3 aliphatic rings. The van der Waals surface area contributed by atoms with Crippen LogP contribution in [-0.2, 0) is 32.6 Å². The van der Waals surface area contributed by atoms with Crippen LogP contribution >= 0.6 is 11.6 Å². The van der Waals surface area contributed by atoms with Crippen LogP contribution < -0.4 is 14.4 Å². The predicted molar refractivity (Wildman–Crippen MR) is 198 cm³/mol. The van der Waals surface area contributed by atoms with E-state index in [1.165, 1.54) is 0 Å². The van der Waals surface area contributed by atoms with Gasteiger partial charge in [-0.25, -0.2) is 13.1 Å². The molecule has 2 heterocycles. The molecular formula is C38H53ClN4O6S. The van der Waals surface area contributed by atoms with E-state index < -0.39 is 21.2 Å². The number of benzene rings is 2. The number of sulfonamides is 1. The second-order valence-electron chi connectivity index (χ2n) is 14.5. The first-order valence-electron chi connectivity index (χ1n) is 17.8. The first kappa shape index (κ1) is 38.1. The van der Waals surface area contributed by atoms with Gasteiger partial charge in [-0.15, -0.1) is 0 Å². The number of anilines is 1. The number of hydrogen-bond donors (Lipinski definition) is 1. The van der Waals surface area contributed by atoms with Gasteiger partial charge in [-0.05, 0) is 119 Å². The summed E-state index contributed by atoms with van der Waals surface area (Å²) in [6, 6.07) is 11.1. The minimum absolute atomic E-state index is 0.0250. The van der Waals surface area contributed by atoms with Crippen molar-refractivity contribution in [1.82, 2.24) is 14.5 Å². The lowest BCUT2D eigenvalue weighted by molar-refractivity contribution is -0.138. The van der Waals surface area contributed by atoms with Crippen LogP contribution in [0.2, 0.25) is 5.02 Å². The van der Waals surface area contributed by atoms with Crippen molar-refractivity contribution < 1.29 is 27.5 Å². The van der Waals surface area contributed by atoms with Crippen molar-refractivity contribution in [2.45, 2.75) is 70.3 Å². The average Bonchev–Trinajstić information content (AvgIpc) is 3.09. The standard InChI is InChI=1S/C38H53ClN4O6S/c1-26-9-8-11-35(49-25-37(44)42(5)20-19-41(3)4)33-16-13-30(33)23-43-18-7-6-10-28-21-32(39)15-12-31(28)24-48-36-17-14-29(22-34(36)43)38(45)40-50(46,47)27(26)2/h8,11-12,14-15,17,21-22,26-27,30,33,35H,6-7,9-10,13,16,18-20,23-25H2,1-5H3,(H,40,45)/b11-8+/t26-,27+,30-,33+,35-/m0/s1. The Hall–Kier alpha value is -3.12. The van der Waals surface area contributed by atoms with Crippen LogP contribution in [-0.4, -0.2) is 95.3 Å². The van der Waals surface area contributed by atoms with Gasteiger partial charge in [-0.1, -0.05) is 36.7 Å². The first-order valence-corrected chi connectivity index (χ1v) is 19.8. The number of likely N-dealkylation sites (N-methyl/N-ethyl adjacent to an activating group) is 2. The number of halogens is 1. The summed E-state index contributed by atoms with van der Waals surface area (Å²) in [5, 5.41) is -0.122. The molecule has 2 amide bonds. The van der Waals surface area contributed by atoms with Crippen LogP contribution in [0.4, 0.5) is 5.69 Å². The van der Waals surface area contributed by atoms with Crippen molar-refractivity contribution >= 4 is 39.1 Å². The maximum atomic E-state index is 13.5. The Kier molecular flexibility index (Phi) is 12.9. The zero-order valence-electron chi connectivity index (χ0n) is 30.1. The molecule has 2 aromatic carbocycles. The van der Waals surface area contributed by atoms with Crippen molar-refractivity contribution in [1.29, 1.82) is 0 Å². The molecule has 274 valence electrons. The van der Waals surface area contributed by atoms with E-state index in [1.54, 1.807) is 37.1 Å². The normalized spacial score (nSPS) is 26.3. The summed E-state index contributed by atoms with van der Waals surface area (Å²) in [5.41, 5.74) is 3.25. The van der Waals surface area contributed by atoms with Crippen LogP contribution in [0.25, 0.3) is 0 Å². The van der Waals surface area contributed by atoms with Gasteiger partial charge in [0.15, 0.2) is 0 Å². The van der Waals surface area contributed by atoms with Crippen LogP contribution in [0.5, 0.6) is 5.75 Å². The summed E-state index contributed by atoms with van der Waals surface area (Å²) in [4.78, 5) is 32.6. The highest BCUT2D eigenvalue weighted by molar-refractivity contribution is 7.90. The van der Waals surface area contributed by atoms with Gasteiger partial charge in [-0.3, -0.25) is 9.59 Å². The number of ether oxygens (including phenoxy) is 2. The second-order valence-corrected chi connectivity index (χ2v) is 17.0. The molecule has 5 atom stereocenters. The molecule has 0 aromatic heterocycles. The number of carbonyl (C=O) groups excluding carboxylic acids is 2. The maximum absolute atomic E-state index is 13.5. The number of amides is 2. The molecule has 1 N–H and O–H groups in total. The fourth-order valence-corrected chi connectivity index (χ4v) is 8.38. The van der Waals surface area contributed by atoms with E-state index in [4.69, 9.17) is 21.1 Å². The lowest BCUT2D eigenvalue weighted by Crippen LogP contribution is -2.45. The van der Waals surface area contributed by atoms with Gasteiger partial charge in [-0.2, -0.15) is 0 Å². The van der Waals surface area contributed by atoms with Crippen LogP contribution in [0.1, 0.15) is 67.4 Å². The molecule has 5 rings (SSSR count). The number of nitrogens with one attached hydrogen (secondary N) is 1. The topological polar surface area (TPSA) is 108 Å². The highest BCUT2D eigenvalue weighted by atomic mass is 35.5. The number of fused-ring (bicyclic) bond motifs is 3. The highest BCUT2D eigenvalue weighted by Crippen LogP contribution is 2.42. The first-order chi connectivity index (χ1) is 23.8. The lowest BCUT2D eigenvalue weighted by Gasteiger charge is -2.44. The van der Waals surface area contributed by atoms with Gasteiger partial charge in [0.25, 0.3) is 5.91 Å². The van der Waals surface area contributed by atoms with Gasteiger partial charge in [0, 0.05) is 43.8 Å². The van der Waals surface area contributed by atoms with Gasteiger partial charge < -0.3 is 24.2 Å². The Bertz CT molecular complexity index is 1650. The van der Waals surface area contributed by atoms with Crippen LogP contribution in [0.15, 0.2) is 48.6 Å². The molecule has 2 aromatic rings. The Morgan fingerprint density at radius 1 is 1.06 bits per heavy atom. The molecule has 2 bridgehead atoms. The third-order valence-corrected chi connectivity index (χ3v) is 12.8. The number of allylic oxidation sites excluding steroid dienone is 1. The van der Waals surface area contributed by atoms with E-state index in [1.807, 2.05) is 56.3 Å². The minimum Gasteiger partial charge on any atom is -0.487 e. The van der Waals surface area contributed by atoms with Gasteiger partial charge in [0.05, 0.1) is 17.0 Å². The molecule has 0 unspecified atom stereocenters. The minimum atomic E-state index is -3.97. The zero-order valence-corrected chi connectivity index (χ0v) is 31.6. The van der Waals surface area contributed by atoms with Crippen molar-refractivity contribution in [3.8, 4) is 5.75 Å². The monoisotopic (exact) mass is 728 g/mol. The van der Waals surface area contributed by atoms with Crippen LogP contribution in [0.3, 0.4) is 0 Å². The third-order valence-electron chi connectivity index (χ3n) is 10.7. The molecule has 0 spiro atoms. The van der Waals surface area contributed by atoms with Crippen molar-refractivity contribution in [3.63, 3.8) is 0 Å². The number of rotatable bonds is 6. The summed E-state index contributed by atoms with van der Waals surface area (Å²) < 4.78 is 42.0. The van der Waals surface area contributed by atoms with Gasteiger partial charge >= 0.3 is 0 Å². The molecule has 0 radical (unpaired) electrons. The summed E-state index contributed by atoms with van der Waals surface area (Å²) in [7, 11) is 1.78. The summed E-state index contributed by atoms with van der Waals surface area (Å²) in [5.74, 6) is 0.0951. The quantitative estimate of drug-likeness (QED) is 0.387. The molecule has 2 aliphatic heterocycles. The molecule has 50 heavy (non-hydrogen) atoms. The smallest absolute Gasteiger partial charge is 0.264 e. The third kappa shape index (κ3) is 9.60. The van der Waals surface area contributed by atoms with E-state index in [0.29, 0.717) is 36.9 Å². The van der Waals surface area contributed by atoms with E-state index in [0.717, 1.165) is 62.0 Å². The SMILES string of the molecule is C[C@@H]1[C@@H](C)C/C=C/[C@H](OCC(=O)N(C)CCN(C)C)[C@@H]2CC[C@H]2CN2CCCCc3cc(Cl)ccc3COc3ccc(cc32)C(=O)NS1(=O)=O. The number of aryl methyl sites for hydroxylation is 1. The molecule has 1 saturated carbocycles. The molecule has 1 aliphatic carbocycles. The highest BCUT2D eigenvalue weighted by Gasteiger charge is 2.39. The number of carbonyl (C=O) groups is 2. The van der Waals surface area contributed by atoms with Crippen molar-refractivity contribution in [3.05, 3.63) is 70.3 Å². The largest absolute Gasteiger partial charge is 0.487 e. The van der Waals surface area contributed by atoms with E-state index >= 15 is 0 Å². The lowest BCUT2D eigenvalue weighted by atomic mass is 9.70. The predicted octanol–water partition coefficient (Wildman–Crippen LogP) is 5.54. The summed E-state index contributed by atoms with van der Waals surface area (Å²) in [6.07, 6.45) is 8.88. The fourth-order valence-electron chi connectivity index (χ4n) is 6.90. The maximum Gasteiger partial charge on any atom is 0.264 e.